The zero-order chi connectivity index (χ0) is 14.4. The molecule has 4 heteroatoms. The molecular formula is C16H22N2O2. The third-order valence-corrected chi connectivity index (χ3v) is 3.45. The molecule has 0 fully saturated rings. The van der Waals surface area contributed by atoms with Crippen LogP contribution in [0.2, 0.25) is 0 Å². The highest BCUT2D eigenvalue weighted by molar-refractivity contribution is 5.91. The predicted molar refractivity (Wildman–Crippen MR) is 82.2 cm³/mol. The third kappa shape index (κ3) is 3.10. The summed E-state index contributed by atoms with van der Waals surface area (Å²) in [4.78, 5) is 0. The van der Waals surface area contributed by atoms with Crippen molar-refractivity contribution in [2.24, 2.45) is 5.73 Å². The van der Waals surface area contributed by atoms with Crippen LogP contribution in [-0.2, 0) is 4.74 Å². The summed E-state index contributed by atoms with van der Waals surface area (Å²) in [5.74, 6) is 0.886. The molecular weight excluding hydrogens is 252 g/mol. The van der Waals surface area contributed by atoms with Crippen molar-refractivity contribution in [3.05, 3.63) is 42.0 Å². The Labute approximate surface area is 119 Å². The lowest BCUT2D eigenvalue weighted by Gasteiger charge is -2.20. The number of hydrogen-bond donors (Lipinski definition) is 2. The zero-order valence-electron chi connectivity index (χ0n) is 12.1. The van der Waals surface area contributed by atoms with E-state index < -0.39 is 0 Å². The Kier molecular flexibility index (Phi) is 5.35. The lowest BCUT2D eigenvalue weighted by Crippen LogP contribution is -2.30. The van der Waals surface area contributed by atoms with Gasteiger partial charge in [-0.05, 0) is 17.0 Å². The monoisotopic (exact) mass is 274 g/mol. The largest absolute Gasteiger partial charge is 0.496 e. The fourth-order valence-electron chi connectivity index (χ4n) is 2.43. The van der Waals surface area contributed by atoms with Gasteiger partial charge in [0.25, 0.3) is 0 Å². The SMILES string of the molecule is COCCNC(CN)c1ccc(OC)c2ccccc12. The van der Waals surface area contributed by atoms with Gasteiger partial charge in [0.2, 0.25) is 0 Å². The average Bonchev–Trinajstić information content (AvgIpc) is 2.51. The summed E-state index contributed by atoms with van der Waals surface area (Å²) >= 11 is 0. The van der Waals surface area contributed by atoms with E-state index in [1.807, 2.05) is 18.2 Å². The molecule has 0 heterocycles. The zero-order valence-corrected chi connectivity index (χ0v) is 12.1. The Hall–Kier alpha value is -1.62. The number of benzene rings is 2. The predicted octanol–water partition coefficient (Wildman–Crippen LogP) is 2.08. The summed E-state index contributed by atoms with van der Waals surface area (Å²) in [7, 11) is 3.39. The van der Waals surface area contributed by atoms with Crippen LogP contribution >= 0.6 is 0 Å². The van der Waals surface area contributed by atoms with Crippen molar-refractivity contribution in [2.45, 2.75) is 6.04 Å². The van der Waals surface area contributed by atoms with E-state index in [4.69, 9.17) is 15.2 Å². The first-order valence-electron chi connectivity index (χ1n) is 6.79. The fraction of sp³-hybridized carbons (Fsp3) is 0.375. The standard InChI is InChI=1S/C16H22N2O2/c1-19-10-9-18-15(11-17)13-7-8-16(20-2)14-6-4-3-5-12(13)14/h3-8,15,18H,9-11,17H2,1-2H3. The number of nitrogens with one attached hydrogen (secondary N) is 1. The number of methoxy groups -OCH3 is 2. The van der Waals surface area contributed by atoms with Crippen LogP contribution in [0.4, 0.5) is 0 Å². The topological polar surface area (TPSA) is 56.5 Å². The smallest absolute Gasteiger partial charge is 0.126 e. The second kappa shape index (κ2) is 7.24. The van der Waals surface area contributed by atoms with Gasteiger partial charge in [-0.3, -0.25) is 0 Å². The summed E-state index contributed by atoms with van der Waals surface area (Å²) in [5.41, 5.74) is 7.11. The maximum atomic E-state index is 5.91. The van der Waals surface area contributed by atoms with E-state index in [-0.39, 0.29) is 6.04 Å². The molecule has 0 spiro atoms. The number of rotatable bonds is 7. The molecule has 20 heavy (non-hydrogen) atoms. The molecule has 1 unspecified atom stereocenters. The molecule has 0 amide bonds. The van der Waals surface area contributed by atoms with Gasteiger partial charge in [0.15, 0.2) is 0 Å². The molecule has 0 aliphatic rings. The van der Waals surface area contributed by atoms with Gasteiger partial charge in [0.1, 0.15) is 5.75 Å². The van der Waals surface area contributed by atoms with Crippen molar-refractivity contribution in [3.63, 3.8) is 0 Å². The van der Waals surface area contributed by atoms with Gasteiger partial charge in [-0.2, -0.15) is 0 Å². The fourth-order valence-corrected chi connectivity index (χ4v) is 2.43. The van der Waals surface area contributed by atoms with Crippen LogP contribution in [0, 0.1) is 0 Å². The molecule has 0 radical (unpaired) electrons. The summed E-state index contributed by atoms with van der Waals surface area (Å²) in [5, 5.41) is 5.71. The van der Waals surface area contributed by atoms with Crippen molar-refractivity contribution in [2.75, 3.05) is 33.9 Å². The maximum Gasteiger partial charge on any atom is 0.126 e. The van der Waals surface area contributed by atoms with E-state index in [1.54, 1.807) is 14.2 Å². The lowest BCUT2D eigenvalue weighted by atomic mass is 9.98. The van der Waals surface area contributed by atoms with Crippen LogP contribution in [0.25, 0.3) is 10.8 Å². The van der Waals surface area contributed by atoms with Crippen molar-refractivity contribution in [3.8, 4) is 5.75 Å². The van der Waals surface area contributed by atoms with Gasteiger partial charge in [0, 0.05) is 31.6 Å². The van der Waals surface area contributed by atoms with Crippen LogP contribution in [0.5, 0.6) is 5.75 Å². The molecule has 0 saturated carbocycles. The highest BCUT2D eigenvalue weighted by Crippen LogP contribution is 2.31. The number of nitrogens with two attached hydrogens (primary N) is 1. The molecule has 0 bridgehead atoms. The van der Waals surface area contributed by atoms with Crippen LogP contribution in [0.1, 0.15) is 11.6 Å². The molecule has 1 atom stereocenters. The molecule has 0 aromatic heterocycles. The van der Waals surface area contributed by atoms with Crippen molar-refractivity contribution < 1.29 is 9.47 Å². The molecule has 2 aromatic rings. The van der Waals surface area contributed by atoms with E-state index in [0.717, 1.165) is 17.7 Å². The normalized spacial score (nSPS) is 12.6. The van der Waals surface area contributed by atoms with Gasteiger partial charge in [-0.25, -0.2) is 0 Å². The second-order valence-corrected chi connectivity index (χ2v) is 4.64. The van der Waals surface area contributed by atoms with E-state index >= 15 is 0 Å². The van der Waals surface area contributed by atoms with Crippen molar-refractivity contribution in [1.29, 1.82) is 0 Å². The molecule has 2 aromatic carbocycles. The molecule has 3 N–H and O–H groups in total. The van der Waals surface area contributed by atoms with Crippen molar-refractivity contribution in [1.82, 2.24) is 5.32 Å². The van der Waals surface area contributed by atoms with Crippen LogP contribution in [0.3, 0.4) is 0 Å². The van der Waals surface area contributed by atoms with Gasteiger partial charge in [-0.15, -0.1) is 0 Å². The summed E-state index contributed by atoms with van der Waals surface area (Å²) < 4.78 is 10.5. The van der Waals surface area contributed by atoms with Crippen LogP contribution in [-0.4, -0.2) is 33.9 Å². The molecule has 4 nitrogen and oxygen atoms in total. The van der Waals surface area contributed by atoms with Crippen molar-refractivity contribution >= 4 is 10.8 Å². The minimum atomic E-state index is 0.112. The average molecular weight is 274 g/mol. The Morgan fingerprint density at radius 2 is 1.85 bits per heavy atom. The first-order valence-corrected chi connectivity index (χ1v) is 6.79. The number of ether oxygens (including phenoxy) is 2. The molecule has 2 rings (SSSR count). The van der Waals surface area contributed by atoms with E-state index in [0.29, 0.717) is 13.2 Å². The highest BCUT2D eigenvalue weighted by Gasteiger charge is 2.14. The van der Waals surface area contributed by atoms with E-state index in [1.165, 1.54) is 10.9 Å². The third-order valence-electron chi connectivity index (χ3n) is 3.45. The summed E-state index contributed by atoms with van der Waals surface area (Å²) in [6.45, 7) is 1.99. The van der Waals surface area contributed by atoms with Gasteiger partial charge < -0.3 is 20.5 Å². The Balaban J connectivity index is 2.37. The van der Waals surface area contributed by atoms with Crippen LogP contribution < -0.4 is 15.8 Å². The summed E-state index contributed by atoms with van der Waals surface area (Å²) in [6.07, 6.45) is 0. The Morgan fingerprint density at radius 3 is 2.50 bits per heavy atom. The maximum absolute atomic E-state index is 5.91. The minimum absolute atomic E-state index is 0.112. The highest BCUT2D eigenvalue weighted by atomic mass is 16.5. The number of fused-ring (bicyclic) bond motifs is 1. The van der Waals surface area contributed by atoms with E-state index in [2.05, 4.69) is 23.5 Å². The first kappa shape index (κ1) is 14.8. The lowest BCUT2D eigenvalue weighted by molar-refractivity contribution is 0.196. The molecule has 0 aliphatic heterocycles. The second-order valence-electron chi connectivity index (χ2n) is 4.64. The van der Waals surface area contributed by atoms with Gasteiger partial charge in [0.05, 0.1) is 13.7 Å². The van der Waals surface area contributed by atoms with Crippen LogP contribution in [0.15, 0.2) is 36.4 Å². The van der Waals surface area contributed by atoms with Gasteiger partial charge in [-0.1, -0.05) is 30.3 Å². The Morgan fingerprint density at radius 1 is 1.10 bits per heavy atom. The molecule has 108 valence electrons. The minimum Gasteiger partial charge on any atom is -0.496 e. The first-order chi connectivity index (χ1) is 9.81. The summed E-state index contributed by atoms with van der Waals surface area (Å²) in [6, 6.07) is 12.4. The molecule has 0 saturated heterocycles. The van der Waals surface area contributed by atoms with Gasteiger partial charge >= 0.3 is 0 Å². The van der Waals surface area contributed by atoms with E-state index in [9.17, 15) is 0 Å². The quantitative estimate of drug-likeness (QED) is 0.759. The number of hydrogen-bond acceptors (Lipinski definition) is 4. The molecule has 0 aliphatic carbocycles. The Bertz CT molecular complexity index is 557.